The molecule has 0 aliphatic rings. The number of amides is 1. The third-order valence-corrected chi connectivity index (χ3v) is 6.47. The Morgan fingerprint density at radius 1 is 0.949 bits per heavy atom. The van der Waals surface area contributed by atoms with Gasteiger partial charge in [-0.1, -0.05) is 53.7 Å². The molecule has 13 heteroatoms. The van der Waals surface area contributed by atoms with Crippen LogP contribution in [-0.2, 0) is 16.6 Å². The zero-order valence-corrected chi connectivity index (χ0v) is 21.9. The molecule has 0 aliphatic carbocycles. The molecule has 3 heterocycles. The van der Waals surface area contributed by atoms with Crippen LogP contribution in [0.4, 0.5) is 5.82 Å². The molecule has 0 aliphatic heterocycles. The molecule has 2 aromatic carbocycles. The summed E-state index contributed by atoms with van der Waals surface area (Å²) in [6.45, 7) is -0.213. The van der Waals surface area contributed by atoms with Gasteiger partial charge in [0.15, 0.2) is 5.76 Å². The van der Waals surface area contributed by atoms with Crippen molar-refractivity contribution in [3.8, 4) is 33.6 Å². The molecule has 0 spiro atoms. The van der Waals surface area contributed by atoms with E-state index in [2.05, 4.69) is 30.2 Å². The number of anilines is 1. The quantitative estimate of drug-likeness (QED) is 0.162. The van der Waals surface area contributed by atoms with Crippen LogP contribution in [0.1, 0.15) is 16.1 Å². The summed E-state index contributed by atoms with van der Waals surface area (Å²) in [4.78, 5) is 23.5. The van der Waals surface area contributed by atoms with E-state index in [0.29, 0.717) is 28.1 Å². The number of fused-ring (bicyclic) bond motifs is 1. The molecule has 11 nitrogen and oxygen atoms in total. The van der Waals surface area contributed by atoms with Crippen LogP contribution < -0.4 is 15.1 Å². The Hall–Kier alpha value is -4.36. The minimum Gasteiger partial charge on any atom is -0.388 e. The number of aromatic nitrogens is 3. The highest BCUT2D eigenvalue weighted by Crippen LogP contribution is 2.29. The highest BCUT2D eigenvalue weighted by atomic mass is 35.5. The Labute approximate surface area is 228 Å². The lowest BCUT2D eigenvalue weighted by Gasteiger charge is -2.11. The molecule has 198 valence electrons. The van der Waals surface area contributed by atoms with Gasteiger partial charge in [-0.15, -0.1) is 4.94 Å². The van der Waals surface area contributed by atoms with Crippen molar-refractivity contribution in [1.29, 1.82) is 0 Å². The third kappa shape index (κ3) is 5.89. The lowest BCUT2D eigenvalue weighted by molar-refractivity contribution is 0.0947. The SMILES string of the molecule is CS(=O)(=O)Nc1cc2nc(-c3ccc(-c4ccc(-c5cc(CO)on5)cc4)cc3)cc(C(=O)NNCl)c2cn1. The van der Waals surface area contributed by atoms with E-state index in [9.17, 15) is 18.3 Å². The zero-order chi connectivity index (χ0) is 27.6. The predicted molar refractivity (Wildman–Crippen MR) is 147 cm³/mol. The third-order valence-electron chi connectivity index (χ3n) is 5.80. The monoisotopic (exact) mass is 564 g/mol. The van der Waals surface area contributed by atoms with Crippen molar-refractivity contribution in [2.75, 3.05) is 11.0 Å². The lowest BCUT2D eigenvalue weighted by Crippen LogP contribution is -2.30. The largest absolute Gasteiger partial charge is 0.388 e. The average molecular weight is 565 g/mol. The van der Waals surface area contributed by atoms with E-state index in [-0.39, 0.29) is 18.0 Å². The number of pyridine rings is 2. The van der Waals surface area contributed by atoms with Crippen LogP contribution in [0.15, 0.2) is 77.4 Å². The number of rotatable bonds is 8. The van der Waals surface area contributed by atoms with E-state index in [1.807, 2.05) is 48.5 Å². The standard InChI is InChI=1S/C26H21ClN6O5S/c1-39(36,37)32-25-12-24-21(13-28-25)20(26(35)30-33-27)11-22(29-24)17-6-2-15(3-7-17)16-4-8-18(9-5-16)23-10-19(14-34)38-31-23/h2-13,33-34H,14H2,1H3,(H,28,32)(H,30,35). The summed E-state index contributed by atoms with van der Waals surface area (Å²) in [6, 6.07) is 20.1. The number of halogens is 1. The molecule has 0 saturated heterocycles. The fourth-order valence-electron chi connectivity index (χ4n) is 4.00. The minimum absolute atomic E-state index is 0.0773. The van der Waals surface area contributed by atoms with Crippen LogP contribution in [0, 0.1) is 0 Å². The number of aliphatic hydroxyl groups is 1. The minimum atomic E-state index is -3.56. The number of nitrogens with one attached hydrogen (secondary N) is 3. The Bertz CT molecular complexity index is 1770. The number of hydrogen-bond donors (Lipinski definition) is 4. The summed E-state index contributed by atoms with van der Waals surface area (Å²) in [5.74, 6) is -0.0432. The molecule has 1 amide bonds. The van der Waals surface area contributed by atoms with E-state index >= 15 is 0 Å². The lowest BCUT2D eigenvalue weighted by atomic mass is 9.99. The first kappa shape index (κ1) is 26.3. The van der Waals surface area contributed by atoms with Crippen LogP contribution in [0.2, 0.25) is 0 Å². The second-order valence-electron chi connectivity index (χ2n) is 8.56. The summed E-state index contributed by atoms with van der Waals surface area (Å²) < 4.78 is 30.7. The van der Waals surface area contributed by atoms with Gasteiger partial charge < -0.3 is 9.63 Å². The zero-order valence-electron chi connectivity index (χ0n) is 20.3. The van der Waals surface area contributed by atoms with Crippen LogP contribution >= 0.6 is 11.8 Å². The summed E-state index contributed by atoms with van der Waals surface area (Å²) in [7, 11) is -3.56. The van der Waals surface area contributed by atoms with Gasteiger partial charge in [-0.3, -0.25) is 14.9 Å². The van der Waals surface area contributed by atoms with Gasteiger partial charge in [0.1, 0.15) is 18.1 Å². The Balaban J connectivity index is 1.48. The normalized spacial score (nSPS) is 11.5. The Kier molecular flexibility index (Phi) is 7.26. The van der Waals surface area contributed by atoms with Gasteiger partial charge in [-0.2, -0.15) is 0 Å². The number of hydrazine groups is 1. The van der Waals surface area contributed by atoms with Crippen molar-refractivity contribution in [2.45, 2.75) is 6.61 Å². The maximum Gasteiger partial charge on any atom is 0.267 e. The van der Waals surface area contributed by atoms with E-state index in [1.165, 1.54) is 12.3 Å². The van der Waals surface area contributed by atoms with Crippen LogP contribution in [0.25, 0.3) is 44.5 Å². The van der Waals surface area contributed by atoms with E-state index in [1.54, 1.807) is 12.1 Å². The van der Waals surface area contributed by atoms with Gasteiger partial charge >= 0.3 is 0 Å². The van der Waals surface area contributed by atoms with Crippen molar-refractivity contribution in [3.05, 3.63) is 84.3 Å². The van der Waals surface area contributed by atoms with Crippen LogP contribution in [0.5, 0.6) is 0 Å². The molecule has 0 unspecified atom stereocenters. The predicted octanol–water partition coefficient (Wildman–Crippen LogP) is 3.87. The maximum atomic E-state index is 12.7. The number of hydrogen-bond acceptors (Lipinski definition) is 9. The fraction of sp³-hybridized carbons (Fsp3) is 0.0769. The first-order chi connectivity index (χ1) is 18.7. The molecule has 0 atom stereocenters. The van der Waals surface area contributed by atoms with E-state index in [0.717, 1.165) is 28.5 Å². The second kappa shape index (κ2) is 10.8. The van der Waals surface area contributed by atoms with Gasteiger partial charge in [-0.05, 0) is 29.0 Å². The summed E-state index contributed by atoms with van der Waals surface area (Å²) >= 11 is 5.47. The molecule has 5 aromatic rings. The smallest absolute Gasteiger partial charge is 0.267 e. The highest BCUT2D eigenvalue weighted by molar-refractivity contribution is 7.92. The van der Waals surface area contributed by atoms with Crippen molar-refractivity contribution >= 4 is 44.4 Å². The molecule has 5 rings (SSSR count). The molecule has 0 radical (unpaired) electrons. The fourth-order valence-corrected chi connectivity index (χ4v) is 4.58. The number of benzene rings is 2. The number of aliphatic hydroxyl groups excluding tert-OH is 1. The van der Waals surface area contributed by atoms with Crippen molar-refractivity contribution in [3.63, 3.8) is 0 Å². The summed E-state index contributed by atoms with van der Waals surface area (Å²) in [5.41, 5.74) is 7.58. The number of carbonyl (C=O) groups excluding carboxylic acids is 1. The maximum absolute atomic E-state index is 12.7. The molecule has 0 bridgehead atoms. The summed E-state index contributed by atoms with van der Waals surface area (Å²) in [6.07, 6.45) is 2.39. The van der Waals surface area contributed by atoms with Gasteiger partial charge in [0.05, 0.1) is 23.0 Å². The van der Waals surface area contributed by atoms with Gasteiger partial charge in [-0.25, -0.2) is 18.4 Å². The molecular weight excluding hydrogens is 544 g/mol. The van der Waals surface area contributed by atoms with Crippen molar-refractivity contribution in [2.24, 2.45) is 0 Å². The van der Waals surface area contributed by atoms with E-state index < -0.39 is 15.9 Å². The van der Waals surface area contributed by atoms with Gasteiger partial charge in [0.2, 0.25) is 10.0 Å². The molecule has 3 aromatic heterocycles. The summed E-state index contributed by atoms with van der Waals surface area (Å²) in [5, 5.41) is 13.5. The molecule has 0 saturated carbocycles. The molecule has 0 fully saturated rings. The molecular formula is C26H21ClN6O5S. The Morgan fingerprint density at radius 2 is 1.56 bits per heavy atom. The van der Waals surface area contributed by atoms with Crippen molar-refractivity contribution in [1.82, 2.24) is 25.5 Å². The Morgan fingerprint density at radius 3 is 2.13 bits per heavy atom. The van der Waals surface area contributed by atoms with Gasteiger partial charge in [0, 0.05) is 34.8 Å². The molecule has 4 N–H and O–H groups in total. The molecule has 39 heavy (non-hydrogen) atoms. The van der Waals surface area contributed by atoms with Crippen molar-refractivity contribution < 1.29 is 22.8 Å². The number of sulfonamides is 1. The number of carbonyl (C=O) groups is 1. The highest BCUT2D eigenvalue weighted by Gasteiger charge is 2.16. The number of nitrogens with zero attached hydrogens (tertiary/aromatic N) is 3. The topological polar surface area (TPSA) is 159 Å². The second-order valence-corrected chi connectivity index (χ2v) is 10.5. The van der Waals surface area contributed by atoms with E-state index in [4.69, 9.17) is 16.3 Å². The van der Waals surface area contributed by atoms with Gasteiger partial charge in [0.25, 0.3) is 5.91 Å². The van der Waals surface area contributed by atoms with Crippen LogP contribution in [0.3, 0.4) is 0 Å². The first-order valence-electron chi connectivity index (χ1n) is 11.5. The first-order valence-corrected chi connectivity index (χ1v) is 13.7. The van der Waals surface area contributed by atoms with Crippen LogP contribution in [-0.4, -0.2) is 40.8 Å². The average Bonchev–Trinajstić information content (AvgIpc) is 3.41.